The molecule has 1 aromatic rings. The molecule has 0 saturated carbocycles. The Morgan fingerprint density at radius 1 is 1.04 bits per heavy atom. The fraction of sp³-hybridized carbons (Fsp3) is 0.462. The number of hydrogen-bond acceptors (Lipinski definition) is 3. The first-order valence-corrected chi connectivity index (χ1v) is 6.27. The van der Waals surface area contributed by atoms with Gasteiger partial charge in [-0.3, -0.25) is 4.79 Å². The predicted octanol–water partition coefficient (Wildman–Crippen LogP) is 3.06. The van der Waals surface area contributed by atoms with Gasteiger partial charge in [-0.25, -0.2) is 8.78 Å². The van der Waals surface area contributed by atoms with Gasteiger partial charge in [-0.1, -0.05) is 0 Å². The summed E-state index contributed by atoms with van der Waals surface area (Å²) >= 11 is 0. The highest BCUT2D eigenvalue weighted by molar-refractivity contribution is 6.04. The quantitative estimate of drug-likeness (QED) is 0.754. The first-order valence-electron chi connectivity index (χ1n) is 6.27. The van der Waals surface area contributed by atoms with E-state index in [0.717, 1.165) is 0 Å². The van der Waals surface area contributed by atoms with Gasteiger partial charge >= 0.3 is 12.4 Å². The van der Waals surface area contributed by atoms with Crippen LogP contribution in [0, 0.1) is 24.5 Å². The van der Waals surface area contributed by atoms with Crippen molar-refractivity contribution >= 4 is 5.78 Å². The Bertz CT molecular complexity index is 707. The van der Waals surface area contributed by atoms with Crippen LogP contribution < -0.4 is 0 Å². The molecule has 0 aliphatic heterocycles. The number of hydrogen-bond donors (Lipinski definition) is 2. The summed E-state index contributed by atoms with van der Waals surface area (Å²) in [5, 5.41) is 18.9. The summed E-state index contributed by atoms with van der Waals surface area (Å²) in [6.45, 7) is 0.586. The molecule has 1 aliphatic carbocycles. The van der Waals surface area contributed by atoms with Crippen LogP contribution in [-0.4, -0.2) is 28.3 Å². The van der Waals surface area contributed by atoms with Crippen molar-refractivity contribution in [1.82, 2.24) is 0 Å². The standard InChI is InChI=1S/C13H8F8O3/c1-2-3-4(7(14)8(15)6(2)12(16,17)18)10(23)5(9(3)22)11(24)13(19,20)21/h5,9,11,22,24H,1H3. The third kappa shape index (κ3) is 2.55. The summed E-state index contributed by atoms with van der Waals surface area (Å²) in [6.07, 6.45) is -16.8. The third-order valence-corrected chi connectivity index (χ3v) is 3.82. The molecule has 0 radical (unpaired) electrons. The van der Waals surface area contributed by atoms with Gasteiger partial charge in [-0.05, 0) is 18.1 Å². The molecule has 3 unspecified atom stereocenters. The van der Waals surface area contributed by atoms with E-state index in [4.69, 9.17) is 5.11 Å². The molecule has 0 heterocycles. The topological polar surface area (TPSA) is 57.5 Å². The summed E-state index contributed by atoms with van der Waals surface area (Å²) in [5.74, 6) is -9.28. The number of halogens is 8. The maximum absolute atomic E-state index is 13.9. The molecule has 0 spiro atoms. The van der Waals surface area contributed by atoms with E-state index >= 15 is 0 Å². The molecule has 2 N–H and O–H groups in total. The first-order chi connectivity index (χ1) is 10.7. The lowest BCUT2D eigenvalue weighted by atomic mass is 9.93. The minimum absolute atomic E-state index is 0.586. The Morgan fingerprint density at radius 2 is 1.54 bits per heavy atom. The number of fused-ring (bicyclic) bond motifs is 1. The SMILES string of the molecule is Cc1c2c(c(F)c(F)c1C(F)(F)F)C(=O)C(C(O)C(F)(F)F)C2O. The van der Waals surface area contributed by atoms with Gasteiger partial charge in [0.1, 0.15) is 0 Å². The number of aliphatic hydroxyl groups excluding tert-OH is 2. The molecule has 2 rings (SSSR count). The monoisotopic (exact) mass is 364 g/mol. The fourth-order valence-corrected chi connectivity index (χ4v) is 2.78. The Kier molecular flexibility index (Phi) is 4.17. The lowest BCUT2D eigenvalue weighted by molar-refractivity contribution is -0.221. The summed E-state index contributed by atoms with van der Waals surface area (Å²) in [7, 11) is 0. The summed E-state index contributed by atoms with van der Waals surface area (Å²) in [4.78, 5) is 11.9. The van der Waals surface area contributed by atoms with E-state index < -0.39 is 70.1 Å². The van der Waals surface area contributed by atoms with E-state index in [1.165, 1.54) is 0 Å². The Hall–Kier alpha value is -1.75. The minimum Gasteiger partial charge on any atom is -0.387 e. The van der Waals surface area contributed by atoms with Crippen molar-refractivity contribution in [2.75, 3.05) is 0 Å². The van der Waals surface area contributed by atoms with Crippen molar-refractivity contribution in [3.8, 4) is 0 Å². The fourth-order valence-electron chi connectivity index (χ4n) is 2.78. The van der Waals surface area contributed by atoms with E-state index in [2.05, 4.69) is 0 Å². The summed E-state index contributed by atoms with van der Waals surface area (Å²) in [5.41, 5.74) is -5.78. The molecule has 0 bridgehead atoms. The van der Waals surface area contributed by atoms with Crippen LogP contribution in [0.1, 0.15) is 33.2 Å². The van der Waals surface area contributed by atoms with Gasteiger partial charge in [0.05, 0.1) is 23.1 Å². The first kappa shape index (κ1) is 18.6. The molecule has 1 aromatic carbocycles. The van der Waals surface area contributed by atoms with Crippen LogP contribution in [-0.2, 0) is 6.18 Å². The maximum Gasteiger partial charge on any atom is 0.419 e. The van der Waals surface area contributed by atoms with Gasteiger partial charge in [0, 0.05) is 0 Å². The molecule has 11 heteroatoms. The van der Waals surface area contributed by atoms with Gasteiger partial charge in [-0.2, -0.15) is 26.3 Å². The smallest absolute Gasteiger partial charge is 0.387 e. The second-order valence-electron chi connectivity index (χ2n) is 5.24. The van der Waals surface area contributed by atoms with Crippen LogP contribution in [0.3, 0.4) is 0 Å². The number of Topliss-reactive ketones (excluding diaryl/α,β-unsaturated/α-hetero) is 1. The van der Waals surface area contributed by atoms with Crippen LogP contribution in [0.2, 0.25) is 0 Å². The highest BCUT2D eigenvalue weighted by atomic mass is 19.4. The van der Waals surface area contributed by atoms with Crippen LogP contribution in [0.15, 0.2) is 0 Å². The van der Waals surface area contributed by atoms with Crippen LogP contribution >= 0.6 is 0 Å². The molecule has 3 atom stereocenters. The average Bonchev–Trinajstić information content (AvgIpc) is 2.65. The highest BCUT2D eigenvalue weighted by Crippen LogP contribution is 2.48. The molecule has 1 aliphatic rings. The molecule has 3 nitrogen and oxygen atoms in total. The average molecular weight is 364 g/mol. The number of carbonyl (C=O) groups excluding carboxylic acids is 1. The maximum atomic E-state index is 13.9. The molecule has 134 valence electrons. The molecule has 0 aromatic heterocycles. The van der Waals surface area contributed by atoms with Crippen LogP contribution in [0.4, 0.5) is 35.1 Å². The Labute approximate surface area is 128 Å². The summed E-state index contributed by atoms with van der Waals surface area (Å²) in [6, 6.07) is 0. The van der Waals surface area contributed by atoms with E-state index in [1.807, 2.05) is 0 Å². The Balaban J connectivity index is 2.75. The molecule has 0 fully saturated rings. The molecule has 0 amide bonds. The van der Waals surface area contributed by atoms with Crippen molar-refractivity contribution in [2.45, 2.75) is 31.5 Å². The Morgan fingerprint density at radius 3 is 1.96 bits per heavy atom. The third-order valence-electron chi connectivity index (χ3n) is 3.82. The number of rotatable bonds is 1. The lowest BCUT2D eigenvalue weighted by Crippen LogP contribution is -2.40. The number of alkyl halides is 6. The lowest BCUT2D eigenvalue weighted by Gasteiger charge is -2.23. The number of ketones is 1. The van der Waals surface area contributed by atoms with E-state index in [0.29, 0.717) is 6.92 Å². The van der Waals surface area contributed by atoms with Crippen molar-refractivity contribution in [3.63, 3.8) is 0 Å². The van der Waals surface area contributed by atoms with Crippen LogP contribution in [0.25, 0.3) is 0 Å². The van der Waals surface area contributed by atoms with Gasteiger partial charge in [0.15, 0.2) is 23.5 Å². The van der Waals surface area contributed by atoms with Gasteiger partial charge < -0.3 is 10.2 Å². The highest BCUT2D eigenvalue weighted by Gasteiger charge is 2.56. The van der Waals surface area contributed by atoms with Crippen molar-refractivity contribution in [2.24, 2.45) is 5.92 Å². The van der Waals surface area contributed by atoms with Gasteiger partial charge in [0.25, 0.3) is 0 Å². The number of benzene rings is 1. The van der Waals surface area contributed by atoms with E-state index in [9.17, 15) is 45.0 Å². The zero-order valence-corrected chi connectivity index (χ0v) is 11.6. The second-order valence-corrected chi connectivity index (χ2v) is 5.24. The molecular formula is C13H8F8O3. The van der Waals surface area contributed by atoms with Crippen LogP contribution in [0.5, 0.6) is 0 Å². The summed E-state index contributed by atoms with van der Waals surface area (Å²) < 4.78 is 104. The number of carbonyl (C=O) groups is 1. The van der Waals surface area contributed by atoms with Crippen molar-refractivity contribution in [3.05, 3.63) is 33.9 Å². The van der Waals surface area contributed by atoms with Gasteiger partial charge in [-0.15, -0.1) is 0 Å². The normalized spacial score (nSPS) is 22.7. The molecule has 0 saturated heterocycles. The number of aliphatic hydroxyl groups is 2. The van der Waals surface area contributed by atoms with Gasteiger partial charge in [0.2, 0.25) is 0 Å². The zero-order chi connectivity index (χ0) is 18.8. The molecule has 24 heavy (non-hydrogen) atoms. The largest absolute Gasteiger partial charge is 0.419 e. The zero-order valence-electron chi connectivity index (χ0n) is 11.6. The minimum atomic E-state index is -5.41. The van der Waals surface area contributed by atoms with E-state index in [-0.39, 0.29) is 0 Å². The van der Waals surface area contributed by atoms with Crippen molar-refractivity contribution < 1.29 is 50.1 Å². The van der Waals surface area contributed by atoms with E-state index in [1.54, 1.807) is 0 Å². The molecular weight excluding hydrogens is 356 g/mol. The van der Waals surface area contributed by atoms with Crippen molar-refractivity contribution in [1.29, 1.82) is 0 Å². The second kappa shape index (κ2) is 5.38. The predicted molar refractivity (Wildman–Crippen MR) is 60.9 cm³/mol.